The first kappa shape index (κ1) is 23.4. The number of likely N-dealkylation sites (tertiary alicyclic amines) is 1. The van der Waals surface area contributed by atoms with Crippen LogP contribution in [-0.2, 0) is 11.2 Å². The Hall–Kier alpha value is -2.76. The van der Waals surface area contributed by atoms with Gasteiger partial charge in [-0.3, -0.25) is 9.69 Å². The van der Waals surface area contributed by atoms with Crippen LogP contribution in [0.4, 0.5) is 0 Å². The summed E-state index contributed by atoms with van der Waals surface area (Å²) in [5, 5.41) is 3.87. The average molecular weight is 466 g/mol. The van der Waals surface area contributed by atoms with Gasteiger partial charge in [0.15, 0.2) is 0 Å². The monoisotopic (exact) mass is 465 g/mol. The molecule has 5 nitrogen and oxygen atoms in total. The van der Waals surface area contributed by atoms with Gasteiger partial charge in [-0.05, 0) is 86.4 Å². The zero-order chi connectivity index (χ0) is 23.2. The Morgan fingerprint density at radius 1 is 1.09 bits per heavy atom. The van der Waals surface area contributed by atoms with Crippen LogP contribution in [0.3, 0.4) is 0 Å². The Balaban J connectivity index is 1.51. The fraction of sp³-hybridized carbons (Fsp3) is 0.370. The number of halogens is 1. The van der Waals surface area contributed by atoms with Crippen molar-refractivity contribution in [3.05, 3.63) is 71.4 Å². The molecular formula is C27H32ClN3O2. The SMILES string of the molecule is CCN1CCC[C@H]1CNC(=O)CCc1ccc(-c2ccc(Cl)cc2)n1-c1ccc(OC)cc1. The third-order valence-corrected chi connectivity index (χ3v) is 6.73. The third-order valence-electron chi connectivity index (χ3n) is 6.48. The van der Waals surface area contributed by atoms with Crippen molar-refractivity contribution in [2.24, 2.45) is 0 Å². The van der Waals surface area contributed by atoms with Crippen molar-refractivity contribution >= 4 is 17.5 Å². The zero-order valence-electron chi connectivity index (χ0n) is 19.4. The molecule has 1 amide bonds. The lowest BCUT2D eigenvalue weighted by molar-refractivity contribution is -0.121. The number of rotatable bonds is 9. The molecule has 0 saturated carbocycles. The van der Waals surface area contributed by atoms with Crippen LogP contribution in [-0.4, -0.2) is 48.2 Å². The van der Waals surface area contributed by atoms with E-state index in [1.165, 1.54) is 12.8 Å². The number of carbonyl (C=O) groups is 1. The molecule has 1 saturated heterocycles. The maximum absolute atomic E-state index is 12.6. The van der Waals surface area contributed by atoms with Crippen molar-refractivity contribution in [1.82, 2.24) is 14.8 Å². The van der Waals surface area contributed by atoms with Crippen LogP contribution in [0.25, 0.3) is 16.9 Å². The van der Waals surface area contributed by atoms with Crippen molar-refractivity contribution in [2.45, 2.75) is 38.6 Å². The minimum absolute atomic E-state index is 0.105. The molecule has 174 valence electrons. The molecule has 3 aromatic rings. The highest BCUT2D eigenvalue weighted by Crippen LogP contribution is 2.29. The highest BCUT2D eigenvalue weighted by molar-refractivity contribution is 6.30. The van der Waals surface area contributed by atoms with Crippen LogP contribution in [0.5, 0.6) is 5.75 Å². The van der Waals surface area contributed by atoms with Gasteiger partial charge in [-0.2, -0.15) is 0 Å². The number of ether oxygens (including phenoxy) is 1. The number of hydrogen-bond donors (Lipinski definition) is 1. The molecule has 6 heteroatoms. The quantitative estimate of drug-likeness (QED) is 0.464. The number of carbonyl (C=O) groups excluding carboxylic acids is 1. The van der Waals surface area contributed by atoms with Crippen molar-refractivity contribution in [3.8, 4) is 22.7 Å². The molecule has 1 N–H and O–H groups in total. The van der Waals surface area contributed by atoms with Gasteiger partial charge in [-0.15, -0.1) is 0 Å². The fourth-order valence-electron chi connectivity index (χ4n) is 4.66. The zero-order valence-corrected chi connectivity index (χ0v) is 20.1. The summed E-state index contributed by atoms with van der Waals surface area (Å²) in [7, 11) is 1.67. The first-order valence-electron chi connectivity index (χ1n) is 11.7. The highest BCUT2D eigenvalue weighted by atomic mass is 35.5. The maximum Gasteiger partial charge on any atom is 0.220 e. The molecule has 2 heterocycles. The number of hydrogen-bond acceptors (Lipinski definition) is 3. The van der Waals surface area contributed by atoms with Crippen LogP contribution in [0, 0.1) is 0 Å². The van der Waals surface area contributed by atoms with Gasteiger partial charge in [0.1, 0.15) is 5.75 Å². The van der Waals surface area contributed by atoms with Crippen molar-refractivity contribution in [3.63, 3.8) is 0 Å². The van der Waals surface area contributed by atoms with E-state index < -0.39 is 0 Å². The average Bonchev–Trinajstić information content (AvgIpc) is 3.48. The summed E-state index contributed by atoms with van der Waals surface area (Å²) in [6.45, 7) is 5.11. The fourth-order valence-corrected chi connectivity index (χ4v) is 4.79. The number of aromatic nitrogens is 1. The van der Waals surface area contributed by atoms with E-state index in [1.54, 1.807) is 7.11 Å². The van der Waals surface area contributed by atoms with Gasteiger partial charge in [-0.1, -0.05) is 30.7 Å². The van der Waals surface area contributed by atoms with Gasteiger partial charge in [0.05, 0.1) is 12.8 Å². The smallest absolute Gasteiger partial charge is 0.220 e. The normalized spacial score (nSPS) is 16.2. The lowest BCUT2D eigenvalue weighted by Gasteiger charge is -2.22. The minimum atomic E-state index is 0.105. The molecule has 0 radical (unpaired) electrons. The van der Waals surface area contributed by atoms with Crippen molar-refractivity contribution < 1.29 is 9.53 Å². The molecule has 1 atom stereocenters. The highest BCUT2D eigenvalue weighted by Gasteiger charge is 2.23. The molecule has 1 aliphatic heterocycles. The molecule has 0 spiro atoms. The van der Waals surface area contributed by atoms with E-state index in [9.17, 15) is 4.79 Å². The van der Waals surface area contributed by atoms with Crippen molar-refractivity contribution in [1.29, 1.82) is 0 Å². The summed E-state index contributed by atoms with van der Waals surface area (Å²) >= 11 is 6.11. The summed E-state index contributed by atoms with van der Waals surface area (Å²) in [6.07, 6.45) is 3.50. The predicted molar refractivity (Wildman–Crippen MR) is 134 cm³/mol. The lowest BCUT2D eigenvalue weighted by atomic mass is 10.1. The van der Waals surface area contributed by atoms with Gasteiger partial charge < -0.3 is 14.6 Å². The molecule has 0 unspecified atom stereocenters. The number of nitrogens with zero attached hydrogens (tertiary/aromatic N) is 2. The molecule has 0 bridgehead atoms. The molecule has 1 aliphatic rings. The van der Waals surface area contributed by atoms with E-state index in [0.717, 1.165) is 48.0 Å². The Bertz CT molecular complexity index is 1060. The Labute approximate surface area is 201 Å². The summed E-state index contributed by atoms with van der Waals surface area (Å²) in [4.78, 5) is 15.1. The van der Waals surface area contributed by atoms with Gasteiger partial charge in [0, 0.05) is 35.4 Å². The lowest BCUT2D eigenvalue weighted by Crippen LogP contribution is -2.40. The second-order valence-corrected chi connectivity index (χ2v) is 8.92. The van der Waals surface area contributed by atoms with Gasteiger partial charge in [0.2, 0.25) is 5.91 Å². The van der Waals surface area contributed by atoms with Crippen LogP contribution in [0.1, 0.15) is 31.9 Å². The standard InChI is InChI=1S/C27H32ClN3O2/c1-3-30-18-4-5-24(30)19-29-27(32)17-13-23-12-16-26(20-6-8-21(28)9-7-20)31(23)22-10-14-25(33-2)15-11-22/h6-12,14-16,24H,3-5,13,17-19H2,1-2H3,(H,29,32)/t24-/m0/s1. The molecule has 2 aromatic carbocycles. The summed E-state index contributed by atoms with van der Waals surface area (Å²) in [5.74, 6) is 0.918. The summed E-state index contributed by atoms with van der Waals surface area (Å²) < 4.78 is 7.54. The van der Waals surface area contributed by atoms with Crippen LogP contribution in [0.15, 0.2) is 60.7 Å². The maximum atomic E-state index is 12.6. The third kappa shape index (κ3) is 5.60. The number of methoxy groups -OCH3 is 1. The Kier molecular flexibility index (Phi) is 7.73. The van der Waals surface area contributed by atoms with E-state index in [1.807, 2.05) is 48.5 Å². The molecule has 1 fully saturated rings. The summed E-state index contributed by atoms with van der Waals surface area (Å²) in [6, 6.07) is 20.5. The van der Waals surface area contributed by atoms with E-state index in [2.05, 4.69) is 33.8 Å². The number of amides is 1. The number of nitrogens with one attached hydrogen (secondary N) is 1. The molecule has 1 aromatic heterocycles. The predicted octanol–water partition coefficient (Wildman–Crippen LogP) is 5.34. The second kappa shape index (κ2) is 10.9. The Morgan fingerprint density at radius 2 is 1.85 bits per heavy atom. The molecule has 4 rings (SSSR count). The number of likely N-dealkylation sites (N-methyl/N-ethyl adjacent to an activating group) is 1. The van der Waals surface area contributed by atoms with Gasteiger partial charge in [-0.25, -0.2) is 0 Å². The molecule has 0 aliphatic carbocycles. The van der Waals surface area contributed by atoms with Crippen LogP contribution in [0.2, 0.25) is 5.02 Å². The van der Waals surface area contributed by atoms with E-state index in [-0.39, 0.29) is 5.91 Å². The first-order valence-corrected chi connectivity index (χ1v) is 12.1. The van der Waals surface area contributed by atoms with E-state index in [0.29, 0.717) is 23.9 Å². The molecular weight excluding hydrogens is 434 g/mol. The first-order chi connectivity index (χ1) is 16.1. The van der Waals surface area contributed by atoms with Gasteiger partial charge in [0.25, 0.3) is 0 Å². The van der Waals surface area contributed by atoms with Gasteiger partial charge >= 0.3 is 0 Å². The van der Waals surface area contributed by atoms with E-state index >= 15 is 0 Å². The van der Waals surface area contributed by atoms with Crippen LogP contribution >= 0.6 is 11.6 Å². The van der Waals surface area contributed by atoms with E-state index in [4.69, 9.17) is 16.3 Å². The number of benzene rings is 2. The molecule has 33 heavy (non-hydrogen) atoms. The number of aryl methyl sites for hydroxylation is 1. The van der Waals surface area contributed by atoms with Crippen molar-refractivity contribution in [2.75, 3.05) is 26.7 Å². The summed E-state index contributed by atoms with van der Waals surface area (Å²) in [5.41, 5.74) is 4.27. The Morgan fingerprint density at radius 3 is 2.55 bits per heavy atom. The topological polar surface area (TPSA) is 46.5 Å². The van der Waals surface area contributed by atoms with Crippen LogP contribution < -0.4 is 10.1 Å². The second-order valence-electron chi connectivity index (χ2n) is 8.48. The largest absolute Gasteiger partial charge is 0.497 e. The minimum Gasteiger partial charge on any atom is -0.497 e.